The monoisotopic (exact) mass is 260 g/mol. The van der Waals surface area contributed by atoms with E-state index < -0.39 is 0 Å². The SMILES string of the molecule is NCc1ccc(C(=O)N2CC3CCC(O)C3C2)cc1. The van der Waals surface area contributed by atoms with Gasteiger partial charge < -0.3 is 15.7 Å². The summed E-state index contributed by atoms with van der Waals surface area (Å²) >= 11 is 0. The molecule has 3 unspecified atom stereocenters. The minimum atomic E-state index is -0.220. The summed E-state index contributed by atoms with van der Waals surface area (Å²) in [4.78, 5) is 14.3. The number of fused-ring (bicyclic) bond motifs is 1. The summed E-state index contributed by atoms with van der Waals surface area (Å²) in [6.45, 7) is 1.98. The van der Waals surface area contributed by atoms with Crippen LogP contribution < -0.4 is 5.73 Å². The van der Waals surface area contributed by atoms with Crippen molar-refractivity contribution in [2.45, 2.75) is 25.5 Å². The summed E-state index contributed by atoms with van der Waals surface area (Å²) in [5, 5.41) is 9.89. The molecule has 19 heavy (non-hydrogen) atoms. The lowest BCUT2D eigenvalue weighted by Gasteiger charge is -2.18. The van der Waals surface area contributed by atoms with Crippen LogP contribution in [0.15, 0.2) is 24.3 Å². The molecule has 4 heteroatoms. The van der Waals surface area contributed by atoms with Gasteiger partial charge in [0.05, 0.1) is 6.10 Å². The fraction of sp³-hybridized carbons (Fsp3) is 0.533. The number of nitrogens with two attached hydrogens (primary N) is 1. The molecule has 1 heterocycles. The summed E-state index contributed by atoms with van der Waals surface area (Å²) in [6, 6.07) is 7.49. The van der Waals surface area contributed by atoms with Crippen molar-refractivity contribution in [3.63, 3.8) is 0 Å². The maximum atomic E-state index is 12.4. The third-order valence-corrected chi connectivity index (χ3v) is 4.54. The minimum Gasteiger partial charge on any atom is -0.393 e. The van der Waals surface area contributed by atoms with Crippen molar-refractivity contribution in [3.8, 4) is 0 Å². The fourth-order valence-corrected chi connectivity index (χ4v) is 3.37. The number of carbonyl (C=O) groups excluding carboxylic acids is 1. The molecule has 0 spiro atoms. The lowest BCUT2D eigenvalue weighted by atomic mass is 10.00. The highest BCUT2D eigenvalue weighted by atomic mass is 16.3. The van der Waals surface area contributed by atoms with Crippen LogP contribution in [0.1, 0.15) is 28.8 Å². The van der Waals surface area contributed by atoms with E-state index in [-0.39, 0.29) is 17.9 Å². The Hall–Kier alpha value is -1.39. The van der Waals surface area contributed by atoms with Gasteiger partial charge in [-0.3, -0.25) is 4.79 Å². The molecule has 3 rings (SSSR count). The first-order chi connectivity index (χ1) is 9.19. The number of likely N-dealkylation sites (tertiary alicyclic amines) is 1. The van der Waals surface area contributed by atoms with E-state index in [0.29, 0.717) is 24.6 Å². The smallest absolute Gasteiger partial charge is 0.253 e. The van der Waals surface area contributed by atoms with Gasteiger partial charge in [-0.2, -0.15) is 0 Å². The van der Waals surface area contributed by atoms with Crippen LogP contribution in [0, 0.1) is 11.8 Å². The molecule has 2 fully saturated rings. The van der Waals surface area contributed by atoms with E-state index in [9.17, 15) is 9.90 Å². The molecule has 2 aliphatic rings. The van der Waals surface area contributed by atoms with E-state index in [1.54, 1.807) is 0 Å². The maximum Gasteiger partial charge on any atom is 0.253 e. The Balaban J connectivity index is 1.71. The summed E-state index contributed by atoms with van der Waals surface area (Å²) < 4.78 is 0. The first kappa shape index (κ1) is 12.6. The van der Waals surface area contributed by atoms with Crippen molar-refractivity contribution in [1.29, 1.82) is 0 Å². The number of rotatable bonds is 2. The number of aliphatic hydroxyl groups is 1. The zero-order chi connectivity index (χ0) is 13.4. The zero-order valence-electron chi connectivity index (χ0n) is 11.0. The van der Waals surface area contributed by atoms with Crippen LogP contribution in [0.4, 0.5) is 0 Å². The maximum absolute atomic E-state index is 12.4. The van der Waals surface area contributed by atoms with E-state index in [1.807, 2.05) is 29.2 Å². The van der Waals surface area contributed by atoms with E-state index in [4.69, 9.17) is 5.73 Å². The average Bonchev–Trinajstić information content (AvgIpc) is 3.01. The molecule has 1 amide bonds. The molecule has 1 aliphatic heterocycles. The van der Waals surface area contributed by atoms with E-state index in [1.165, 1.54) is 0 Å². The molecule has 0 bridgehead atoms. The highest BCUT2D eigenvalue weighted by Crippen LogP contribution is 2.38. The third-order valence-electron chi connectivity index (χ3n) is 4.54. The van der Waals surface area contributed by atoms with Gasteiger partial charge in [0.15, 0.2) is 0 Å². The number of nitrogens with zero attached hydrogens (tertiary/aromatic N) is 1. The van der Waals surface area contributed by atoms with Gasteiger partial charge in [-0.05, 0) is 36.5 Å². The van der Waals surface area contributed by atoms with Gasteiger partial charge in [-0.25, -0.2) is 0 Å². The Bertz CT molecular complexity index is 472. The molecule has 1 aromatic carbocycles. The molecule has 3 N–H and O–H groups in total. The first-order valence-electron chi connectivity index (χ1n) is 6.95. The molecule has 4 nitrogen and oxygen atoms in total. The molecular formula is C15H20N2O2. The molecule has 1 aromatic rings. The molecule has 0 aromatic heterocycles. The Morgan fingerprint density at radius 2 is 2.00 bits per heavy atom. The van der Waals surface area contributed by atoms with Crippen molar-refractivity contribution in [3.05, 3.63) is 35.4 Å². The van der Waals surface area contributed by atoms with Crippen molar-refractivity contribution < 1.29 is 9.90 Å². The van der Waals surface area contributed by atoms with Crippen LogP contribution in [-0.4, -0.2) is 35.1 Å². The van der Waals surface area contributed by atoms with Gasteiger partial charge in [0.1, 0.15) is 0 Å². The van der Waals surface area contributed by atoms with Crippen molar-refractivity contribution >= 4 is 5.91 Å². The van der Waals surface area contributed by atoms with Gasteiger partial charge in [0, 0.05) is 31.1 Å². The third kappa shape index (κ3) is 2.26. The Morgan fingerprint density at radius 1 is 1.26 bits per heavy atom. The van der Waals surface area contributed by atoms with E-state index >= 15 is 0 Å². The molecule has 1 saturated carbocycles. The topological polar surface area (TPSA) is 66.6 Å². The fourth-order valence-electron chi connectivity index (χ4n) is 3.37. The number of hydrogen-bond acceptors (Lipinski definition) is 3. The predicted octanol–water partition coefficient (Wildman–Crippen LogP) is 0.988. The molecule has 3 atom stereocenters. The van der Waals surface area contributed by atoms with Crippen LogP contribution in [0.2, 0.25) is 0 Å². The number of benzene rings is 1. The lowest BCUT2D eigenvalue weighted by molar-refractivity contribution is 0.0752. The van der Waals surface area contributed by atoms with Crippen molar-refractivity contribution in [2.75, 3.05) is 13.1 Å². The minimum absolute atomic E-state index is 0.0742. The zero-order valence-corrected chi connectivity index (χ0v) is 11.0. The van der Waals surface area contributed by atoms with Crippen LogP contribution in [0.3, 0.4) is 0 Å². The average molecular weight is 260 g/mol. The largest absolute Gasteiger partial charge is 0.393 e. The standard InChI is InChI=1S/C15H20N2O2/c16-7-10-1-3-11(4-2-10)15(19)17-8-12-5-6-14(18)13(12)9-17/h1-4,12-14,18H,5-9,16H2. The first-order valence-corrected chi connectivity index (χ1v) is 6.95. The molecular weight excluding hydrogens is 240 g/mol. The quantitative estimate of drug-likeness (QED) is 0.833. The number of hydrogen-bond donors (Lipinski definition) is 2. The summed E-state index contributed by atoms with van der Waals surface area (Å²) in [5.74, 6) is 0.847. The van der Waals surface area contributed by atoms with Crippen molar-refractivity contribution in [2.24, 2.45) is 17.6 Å². The van der Waals surface area contributed by atoms with Crippen LogP contribution >= 0.6 is 0 Å². The highest BCUT2D eigenvalue weighted by Gasteiger charge is 2.43. The van der Waals surface area contributed by atoms with Crippen LogP contribution in [-0.2, 0) is 6.54 Å². The van der Waals surface area contributed by atoms with Gasteiger partial charge in [-0.15, -0.1) is 0 Å². The van der Waals surface area contributed by atoms with Crippen LogP contribution in [0.5, 0.6) is 0 Å². The Labute approximate surface area is 113 Å². The molecule has 102 valence electrons. The van der Waals surface area contributed by atoms with Gasteiger partial charge >= 0.3 is 0 Å². The summed E-state index contributed by atoms with van der Waals surface area (Å²) in [7, 11) is 0. The lowest BCUT2D eigenvalue weighted by Crippen LogP contribution is -2.31. The summed E-state index contributed by atoms with van der Waals surface area (Å²) in [6.07, 6.45) is 1.71. The Kier molecular flexibility index (Phi) is 3.29. The number of amides is 1. The second-order valence-electron chi connectivity index (χ2n) is 5.68. The van der Waals surface area contributed by atoms with Gasteiger partial charge in [0.25, 0.3) is 5.91 Å². The Morgan fingerprint density at radius 3 is 2.63 bits per heavy atom. The molecule has 0 radical (unpaired) electrons. The second-order valence-corrected chi connectivity index (χ2v) is 5.68. The van der Waals surface area contributed by atoms with Gasteiger partial charge in [-0.1, -0.05) is 12.1 Å². The summed E-state index contributed by atoms with van der Waals surface area (Å²) in [5.41, 5.74) is 7.30. The van der Waals surface area contributed by atoms with Crippen molar-refractivity contribution in [1.82, 2.24) is 4.90 Å². The normalized spacial score (nSPS) is 29.6. The number of aliphatic hydroxyl groups excluding tert-OH is 1. The second kappa shape index (κ2) is 4.94. The molecule has 1 aliphatic carbocycles. The van der Waals surface area contributed by atoms with E-state index in [0.717, 1.165) is 24.9 Å². The van der Waals surface area contributed by atoms with Gasteiger partial charge in [0.2, 0.25) is 0 Å². The predicted molar refractivity (Wildman–Crippen MR) is 72.5 cm³/mol. The van der Waals surface area contributed by atoms with Crippen LogP contribution in [0.25, 0.3) is 0 Å². The van der Waals surface area contributed by atoms with E-state index in [2.05, 4.69) is 0 Å². The number of carbonyl (C=O) groups is 1. The highest BCUT2D eigenvalue weighted by molar-refractivity contribution is 5.94. The molecule has 1 saturated heterocycles.